The highest BCUT2D eigenvalue weighted by atomic mass is 35.5. The first-order chi connectivity index (χ1) is 15.3. The normalized spacial score (nSPS) is 18.5. The number of likely N-dealkylation sites (N-methyl/N-ethyl adjacent to an activating group) is 1. The highest BCUT2D eigenvalue weighted by molar-refractivity contribution is 7.80. The molecule has 1 saturated heterocycles. The number of aromatic nitrogens is 2. The van der Waals surface area contributed by atoms with Crippen molar-refractivity contribution in [1.29, 1.82) is 0 Å². The molecule has 0 bridgehead atoms. The monoisotopic (exact) mass is 487 g/mol. The highest BCUT2D eigenvalue weighted by Crippen LogP contribution is 2.42. The van der Waals surface area contributed by atoms with Crippen LogP contribution in [0.2, 0.25) is 10.0 Å². The molecule has 0 amide bonds. The summed E-state index contributed by atoms with van der Waals surface area (Å²) in [4.78, 5) is 9.09. The third-order valence-electron chi connectivity index (χ3n) is 5.95. The van der Waals surface area contributed by atoms with E-state index < -0.39 is 0 Å². The van der Waals surface area contributed by atoms with Crippen LogP contribution in [0.1, 0.15) is 34.7 Å². The van der Waals surface area contributed by atoms with Gasteiger partial charge in [-0.1, -0.05) is 35.3 Å². The van der Waals surface area contributed by atoms with Gasteiger partial charge in [0.25, 0.3) is 0 Å². The SMILES string of the molecule is Cc1cc([C@@H]2[C@@H](c3ccccn3)NC(=S)N2CCN(C)C)c(C)n1-c1cccc(Cl)c1Cl. The van der Waals surface area contributed by atoms with E-state index in [1.807, 2.05) is 36.5 Å². The molecule has 0 saturated carbocycles. The van der Waals surface area contributed by atoms with E-state index in [0.29, 0.717) is 10.0 Å². The number of hydrogen-bond acceptors (Lipinski definition) is 3. The Kier molecular flexibility index (Phi) is 6.77. The average molecular weight is 488 g/mol. The molecule has 5 nitrogen and oxygen atoms in total. The van der Waals surface area contributed by atoms with Crippen molar-refractivity contribution in [3.05, 3.63) is 81.4 Å². The lowest BCUT2D eigenvalue weighted by molar-refractivity contribution is 0.277. The molecular formula is C24H27Cl2N5S. The minimum Gasteiger partial charge on any atom is -0.352 e. The van der Waals surface area contributed by atoms with Crippen molar-refractivity contribution in [3.8, 4) is 5.69 Å². The number of halogens is 2. The van der Waals surface area contributed by atoms with Gasteiger partial charge in [-0.2, -0.15) is 0 Å². The molecule has 0 unspecified atom stereocenters. The van der Waals surface area contributed by atoms with E-state index in [4.69, 9.17) is 35.4 Å². The van der Waals surface area contributed by atoms with Gasteiger partial charge in [0.2, 0.25) is 0 Å². The third kappa shape index (κ3) is 4.25. The zero-order chi connectivity index (χ0) is 23.0. The third-order valence-corrected chi connectivity index (χ3v) is 7.11. The first kappa shape index (κ1) is 23.1. The summed E-state index contributed by atoms with van der Waals surface area (Å²) in [6, 6.07) is 13.9. The van der Waals surface area contributed by atoms with Crippen molar-refractivity contribution in [2.75, 3.05) is 27.2 Å². The van der Waals surface area contributed by atoms with Crippen LogP contribution in [0.15, 0.2) is 48.7 Å². The number of pyridine rings is 1. The van der Waals surface area contributed by atoms with Crippen molar-refractivity contribution < 1.29 is 0 Å². The zero-order valence-electron chi connectivity index (χ0n) is 18.6. The minimum atomic E-state index is -0.0466. The zero-order valence-corrected chi connectivity index (χ0v) is 21.0. The maximum atomic E-state index is 6.59. The Morgan fingerprint density at radius 1 is 1.12 bits per heavy atom. The van der Waals surface area contributed by atoms with E-state index in [9.17, 15) is 0 Å². The maximum Gasteiger partial charge on any atom is 0.170 e. The fraction of sp³-hybridized carbons (Fsp3) is 0.333. The molecule has 8 heteroatoms. The minimum absolute atomic E-state index is 0.00950. The summed E-state index contributed by atoms with van der Waals surface area (Å²) in [5.74, 6) is 0. The van der Waals surface area contributed by atoms with E-state index in [1.165, 1.54) is 5.56 Å². The Morgan fingerprint density at radius 2 is 1.91 bits per heavy atom. The molecule has 0 radical (unpaired) electrons. The van der Waals surface area contributed by atoms with E-state index in [1.54, 1.807) is 0 Å². The predicted octanol–water partition coefficient (Wildman–Crippen LogP) is 5.33. The summed E-state index contributed by atoms with van der Waals surface area (Å²) in [5, 5.41) is 5.37. The van der Waals surface area contributed by atoms with Crippen LogP contribution >= 0.6 is 35.4 Å². The van der Waals surface area contributed by atoms with Crippen LogP contribution in [0, 0.1) is 13.8 Å². The van der Waals surface area contributed by atoms with Crippen LogP contribution in [0.3, 0.4) is 0 Å². The van der Waals surface area contributed by atoms with Crippen molar-refractivity contribution in [2.24, 2.45) is 0 Å². The largest absolute Gasteiger partial charge is 0.352 e. The first-order valence-electron chi connectivity index (χ1n) is 10.6. The van der Waals surface area contributed by atoms with Gasteiger partial charge in [0.05, 0.1) is 33.5 Å². The second-order valence-electron chi connectivity index (χ2n) is 8.36. The molecule has 1 aromatic carbocycles. The Balaban J connectivity index is 1.83. The van der Waals surface area contributed by atoms with Gasteiger partial charge in [-0.05, 0) is 76.1 Å². The number of nitrogens with zero attached hydrogens (tertiary/aromatic N) is 4. The topological polar surface area (TPSA) is 36.3 Å². The van der Waals surface area contributed by atoms with Crippen molar-refractivity contribution >= 4 is 40.5 Å². The Bertz CT molecular complexity index is 1130. The number of aryl methyl sites for hydroxylation is 1. The molecule has 0 spiro atoms. The molecule has 1 fully saturated rings. The van der Waals surface area contributed by atoms with Crippen LogP contribution < -0.4 is 5.32 Å². The van der Waals surface area contributed by atoms with Crippen LogP contribution in [-0.4, -0.2) is 51.6 Å². The van der Waals surface area contributed by atoms with Crippen LogP contribution in [-0.2, 0) is 0 Å². The van der Waals surface area contributed by atoms with Gasteiger partial charge in [0.1, 0.15) is 0 Å². The number of nitrogens with one attached hydrogen (secondary N) is 1. The van der Waals surface area contributed by atoms with Crippen molar-refractivity contribution in [3.63, 3.8) is 0 Å². The van der Waals surface area contributed by atoms with E-state index in [2.05, 4.69) is 64.7 Å². The fourth-order valence-electron chi connectivity index (χ4n) is 4.42. The van der Waals surface area contributed by atoms with Gasteiger partial charge in [0.15, 0.2) is 5.11 Å². The summed E-state index contributed by atoms with van der Waals surface area (Å²) in [6.45, 7) is 5.93. The Hall–Kier alpha value is -2.12. The maximum absolute atomic E-state index is 6.59. The molecule has 4 rings (SSSR count). The van der Waals surface area contributed by atoms with E-state index in [0.717, 1.165) is 41.0 Å². The van der Waals surface area contributed by atoms with Gasteiger partial charge >= 0.3 is 0 Å². The van der Waals surface area contributed by atoms with Gasteiger partial charge in [-0.25, -0.2) is 0 Å². The summed E-state index contributed by atoms with van der Waals surface area (Å²) in [7, 11) is 4.15. The second-order valence-corrected chi connectivity index (χ2v) is 9.53. The molecule has 2 aromatic heterocycles. The average Bonchev–Trinajstić information content (AvgIpc) is 3.24. The van der Waals surface area contributed by atoms with Gasteiger partial charge < -0.3 is 19.7 Å². The summed E-state index contributed by atoms with van der Waals surface area (Å²) < 4.78 is 2.17. The quantitative estimate of drug-likeness (QED) is 0.475. The van der Waals surface area contributed by atoms with Gasteiger partial charge in [-0.3, -0.25) is 4.98 Å². The molecular weight excluding hydrogens is 461 g/mol. The molecule has 3 heterocycles. The number of rotatable bonds is 6. The molecule has 168 valence electrons. The van der Waals surface area contributed by atoms with E-state index in [-0.39, 0.29) is 12.1 Å². The van der Waals surface area contributed by atoms with Gasteiger partial charge in [-0.15, -0.1) is 0 Å². The number of thiocarbonyl (C=S) groups is 1. The summed E-state index contributed by atoms with van der Waals surface area (Å²) in [6.07, 6.45) is 1.83. The lowest BCUT2D eigenvalue weighted by Gasteiger charge is -2.29. The first-order valence-corrected chi connectivity index (χ1v) is 11.7. The standard InChI is InChI=1S/C24H27Cl2N5S/c1-15-14-17(16(2)31(15)20-10-7-8-18(25)21(20)26)23-22(19-9-5-6-11-27-19)28-24(32)30(23)13-12-29(3)4/h5-11,14,22-23H,12-13H2,1-4H3,(H,28,32)/t22-,23-/m1/s1. The second kappa shape index (κ2) is 9.40. The van der Waals surface area contributed by atoms with Crippen LogP contribution in [0.25, 0.3) is 5.69 Å². The summed E-state index contributed by atoms with van der Waals surface area (Å²) >= 11 is 18.7. The molecule has 1 aliphatic heterocycles. The van der Waals surface area contributed by atoms with E-state index >= 15 is 0 Å². The Labute approximate surface area is 204 Å². The molecule has 2 atom stereocenters. The predicted molar refractivity (Wildman–Crippen MR) is 136 cm³/mol. The lowest BCUT2D eigenvalue weighted by Crippen LogP contribution is -2.35. The smallest absolute Gasteiger partial charge is 0.170 e. The lowest BCUT2D eigenvalue weighted by atomic mass is 9.97. The highest BCUT2D eigenvalue weighted by Gasteiger charge is 2.41. The molecule has 32 heavy (non-hydrogen) atoms. The molecule has 1 aliphatic rings. The van der Waals surface area contributed by atoms with Crippen molar-refractivity contribution in [2.45, 2.75) is 25.9 Å². The molecule has 3 aromatic rings. The molecule has 1 N–H and O–H groups in total. The van der Waals surface area contributed by atoms with Crippen molar-refractivity contribution in [1.82, 2.24) is 24.7 Å². The fourth-order valence-corrected chi connectivity index (χ4v) is 5.13. The summed E-state index contributed by atoms with van der Waals surface area (Å²) in [5.41, 5.74) is 5.24. The van der Waals surface area contributed by atoms with Crippen LogP contribution in [0.4, 0.5) is 0 Å². The molecule has 0 aliphatic carbocycles. The van der Waals surface area contributed by atoms with Gasteiger partial charge in [0, 0.05) is 30.7 Å². The van der Waals surface area contributed by atoms with Crippen LogP contribution in [0.5, 0.6) is 0 Å². The number of hydrogen-bond donors (Lipinski definition) is 1. The number of benzene rings is 1. The Morgan fingerprint density at radius 3 is 2.59 bits per heavy atom.